The minimum atomic E-state index is -0.0666. The number of halogens is 1. The van der Waals surface area contributed by atoms with E-state index in [2.05, 4.69) is 0 Å². The van der Waals surface area contributed by atoms with Gasteiger partial charge in [-0.1, -0.05) is 23.7 Å². The summed E-state index contributed by atoms with van der Waals surface area (Å²) in [4.78, 5) is 14.0. The average Bonchev–Trinajstić information content (AvgIpc) is 2.84. The Labute approximate surface area is 117 Å². The van der Waals surface area contributed by atoms with Crippen LogP contribution in [-0.2, 0) is 7.05 Å². The molecule has 0 spiro atoms. The van der Waals surface area contributed by atoms with Crippen LogP contribution in [0.5, 0.6) is 0 Å². The number of imidazole rings is 1. The molecule has 0 aliphatic heterocycles. The molecule has 0 saturated carbocycles. The molecular formula is C14H17ClN3O+. The van der Waals surface area contributed by atoms with E-state index in [4.69, 9.17) is 11.6 Å². The third-order valence-electron chi connectivity index (χ3n) is 3.22. The normalized spacial score (nSPS) is 12.2. The molecule has 0 aliphatic carbocycles. The fourth-order valence-corrected chi connectivity index (χ4v) is 2.00. The third-order valence-corrected chi connectivity index (χ3v) is 3.48. The SMILES string of the molecule is CC(c1ccc(Cl)cc1)N(C)C(=O)n1cc[n+](C)c1. The van der Waals surface area contributed by atoms with Crippen molar-refractivity contribution in [1.82, 2.24) is 9.47 Å². The van der Waals surface area contributed by atoms with E-state index < -0.39 is 0 Å². The molecule has 19 heavy (non-hydrogen) atoms. The predicted molar refractivity (Wildman–Crippen MR) is 74.0 cm³/mol. The first-order valence-corrected chi connectivity index (χ1v) is 6.42. The number of hydrogen-bond acceptors (Lipinski definition) is 1. The summed E-state index contributed by atoms with van der Waals surface area (Å²) in [5.41, 5.74) is 1.05. The molecule has 2 rings (SSSR count). The fraction of sp³-hybridized carbons (Fsp3) is 0.286. The number of aromatic nitrogens is 2. The lowest BCUT2D eigenvalue weighted by Gasteiger charge is -2.22. The van der Waals surface area contributed by atoms with Crippen LogP contribution in [0.2, 0.25) is 5.02 Å². The van der Waals surface area contributed by atoms with Crippen molar-refractivity contribution in [1.29, 1.82) is 0 Å². The van der Waals surface area contributed by atoms with E-state index >= 15 is 0 Å². The standard InChI is InChI=1S/C14H17ClN3O/c1-11(12-4-6-13(15)7-5-12)17(3)14(19)18-9-8-16(2)10-18/h4-11H,1-3H3/q+1. The number of aryl methyl sites for hydroxylation is 1. The van der Waals surface area contributed by atoms with Crippen LogP contribution in [0.4, 0.5) is 4.79 Å². The summed E-state index contributed by atoms with van der Waals surface area (Å²) in [6.07, 6.45) is 5.32. The van der Waals surface area contributed by atoms with E-state index in [1.807, 2.05) is 49.0 Å². The Bertz CT molecular complexity index is 577. The number of nitrogens with zero attached hydrogens (tertiary/aromatic N) is 3. The maximum atomic E-state index is 12.3. The summed E-state index contributed by atoms with van der Waals surface area (Å²) < 4.78 is 3.39. The number of hydrogen-bond donors (Lipinski definition) is 0. The maximum Gasteiger partial charge on any atom is 0.416 e. The van der Waals surface area contributed by atoms with Gasteiger partial charge < -0.3 is 4.90 Å². The molecule has 0 fully saturated rings. The second-order valence-electron chi connectivity index (χ2n) is 4.61. The lowest BCUT2D eigenvalue weighted by Crippen LogP contribution is -2.34. The fourth-order valence-electron chi connectivity index (χ4n) is 1.88. The Kier molecular flexibility index (Phi) is 3.90. The van der Waals surface area contributed by atoms with E-state index in [-0.39, 0.29) is 12.1 Å². The zero-order valence-corrected chi connectivity index (χ0v) is 12.0. The molecule has 4 nitrogen and oxygen atoms in total. The lowest BCUT2D eigenvalue weighted by atomic mass is 10.1. The molecule has 1 atom stereocenters. The van der Waals surface area contributed by atoms with Crippen molar-refractivity contribution in [2.24, 2.45) is 7.05 Å². The topological polar surface area (TPSA) is 29.1 Å². The average molecular weight is 279 g/mol. The Morgan fingerprint density at radius 2 is 2.00 bits per heavy atom. The molecule has 1 amide bonds. The van der Waals surface area contributed by atoms with Crippen molar-refractivity contribution in [2.45, 2.75) is 13.0 Å². The van der Waals surface area contributed by atoms with Crippen molar-refractivity contribution in [3.05, 3.63) is 53.6 Å². The van der Waals surface area contributed by atoms with Crippen LogP contribution in [0.25, 0.3) is 0 Å². The molecule has 0 N–H and O–H groups in total. The number of carbonyl (C=O) groups excluding carboxylic acids is 1. The van der Waals surface area contributed by atoms with E-state index in [9.17, 15) is 4.79 Å². The van der Waals surface area contributed by atoms with Crippen LogP contribution in [0.3, 0.4) is 0 Å². The van der Waals surface area contributed by atoms with Gasteiger partial charge in [-0.25, -0.2) is 9.36 Å². The highest BCUT2D eigenvalue weighted by Crippen LogP contribution is 2.21. The number of rotatable bonds is 2. The van der Waals surface area contributed by atoms with Crippen molar-refractivity contribution in [3.8, 4) is 0 Å². The van der Waals surface area contributed by atoms with Gasteiger partial charge in [-0.15, -0.1) is 0 Å². The molecule has 1 aromatic heterocycles. The van der Waals surface area contributed by atoms with Crippen LogP contribution < -0.4 is 4.57 Å². The number of carbonyl (C=O) groups is 1. The van der Waals surface area contributed by atoms with Gasteiger partial charge in [0.1, 0.15) is 12.4 Å². The summed E-state index contributed by atoms with van der Waals surface area (Å²) in [6.45, 7) is 1.99. The minimum absolute atomic E-state index is 0.0162. The molecule has 1 aromatic carbocycles. The van der Waals surface area contributed by atoms with Crippen LogP contribution in [0.15, 0.2) is 43.0 Å². The van der Waals surface area contributed by atoms with Gasteiger partial charge in [0.15, 0.2) is 0 Å². The highest BCUT2D eigenvalue weighted by molar-refractivity contribution is 6.30. The Hall–Kier alpha value is -1.81. The summed E-state index contributed by atoms with van der Waals surface area (Å²) in [7, 11) is 3.67. The van der Waals surface area contributed by atoms with Crippen molar-refractivity contribution in [2.75, 3.05) is 7.05 Å². The van der Waals surface area contributed by atoms with Gasteiger partial charge in [-0.3, -0.25) is 0 Å². The zero-order chi connectivity index (χ0) is 14.0. The summed E-state index contributed by atoms with van der Waals surface area (Å²) in [6, 6.07) is 7.46. The zero-order valence-electron chi connectivity index (χ0n) is 11.2. The molecule has 0 saturated heterocycles. The predicted octanol–water partition coefficient (Wildman–Crippen LogP) is 2.63. The van der Waals surface area contributed by atoms with Gasteiger partial charge in [0.05, 0.1) is 13.1 Å². The molecular weight excluding hydrogens is 262 g/mol. The van der Waals surface area contributed by atoms with Crippen molar-refractivity contribution >= 4 is 17.6 Å². The first-order valence-electron chi connectivity index (χ1n) is 6.05. The van der Waals surface area contributed by atoms with Gasteiger partial charge in [0, 0.05) is 12.1 Å². The van der Waals surface area contributed by atoms with Crippen molar-refractivity contribution in [3.63, 3.8) is 0 Å². The molecule has 0 radical (unpaired) electrons. The van der Waals surface area contributed by atoms with Crippen LogP contribution >= 0.6 is 11.6 Å². The first kappa shape index (κ1) is 13.6. The summed E-state index contributed by atoms with van der Waals surface area (Å²) in [5, 5.41) is 0.697. The van der Waals surface area contributed by atoms with E-state index in [0.717, 1.165) is 5.56 Å². The maximum absolute atomic E-state index is 12.3. The van der Waals surface area contributed by atoms with Crippen LogP contribution in [-0.4, -0.2) is 22.5 Å². The largest absolute Gasteiger partial charge is 0.416 e. The third kappa shape index (κ3) is 2.96. The van der Waals surface area contributed by atoms with Gasteiger partial charge >= 0.3 is 6.03 Å². The van der Waals surface area contributed by atoms with Gasteiger partial charge in [-0.2, -0.15) is 4.57 Å². The number of benzene rings is 1. The first-order chi connectivity index (χ1) is 8.99. The molecule has 0 aliphatic rings. The van der Waals surface area contributed by atoms with Gasteiger partial charge in [-0.05, 0) is 24.6 Å². The van der Waals surface area contributed by atoms with Gasteiger partial charge in [0.25, 0.3) is 6.33 Å². The van der Waals surface area contributed by atoms with Gasteiger partial charge in [0.2, 0.25) is 0 Å². The van der Waals surface area contributed by atoms with E-state index in [1.54, 1.807) is 29.0 Å². The molecule has 5 heteroatoms. The second-order valence-corrected chi connectivity index (χ2v) is 5.04. The highest BCUT2D eigenvalue weighted by atomic mass is 35.5. The summed E-state index contributed by atoms with van der Waals surface area (Å²) >= 11 is 5.87. The molecule has 2 aromatic rings. The Morgan fingerprint density at radius 1 is 1.37 bits per heavy atom. The minimum Gasteiger partial charge on any atom is -0.301 e. The highest BCUT2D eigenvalue weighted by Gasteiger charge is 2.22. The molecule has 1 unspecified atom stereocenters. The second kappa shape index (κ2) is 5.45. The Morgan fingerprint density at radius 3 is 2.53 bits per heavy atom. The van der Waals surface area contributed by atoms with E-state index in [1.165, 1.54) is 0 Å². The monoisotopic (exact) mass is 278 g/mol. The van der Waals surface area contributed by atoms with E-state index in [0.29, 0.717) is 5.02 Å². The quantitative estimate of drug-likeness (QED) is 0.777. The Balaban J connectivity index is 2.16. The smallest absolute Gasteiger partial charge is 0.301 e. The molecule has 1 heterocycles. The molecule has 0 bridgehead atoms. The number of amides is 1. The van der Waals surface area contributed by atoms with Crippen molar-refractivity contribution < 1.29 is 9.36 Å². The van der Waals surface area contributed by atoms with Crippen LogP contribution in [0.1, 0.15) is 18.5 Å². The molecule has 100 valence electrons. The lowest BCUT2D eigenvalue weighted by molar-refractivity contribution is -0.670. The summed E-state index contributed by atoms with van der Waals surface area (Å²) in [5.74, 6) is 0. The van der Waals surface area contributed by atoms with Crippen LogP contribution in [0, 0.1) is 0 Å².